The van der Waals surface area contributed by atoms with Crippen LogP contribution in [0.25, 0.3) is 11.6 Å². The fraction of sp³-hybridized carbons (Fsp3) is 0.333. The molecule has 0 aliphatic carbocycles. The van der Waals surface area contributed by atoms with Gasteiger partial charge in [-0.2, -0.15) is 10.1 Å². The predicted molar refractivity (Wildman–Crippen MR) is 43.9 cm³/mol. The van der Waals surface area contributed by atoms with Crippen LogP contribution in [0.5, 0.6) is 0 Å². The van der Waals surface area contributed by atoms with Crippen molar-refractivity contribution in [3.8, 4) is 11.6 Å². The van der Waals surface area contributed by atoms with Crippen molar-refractivity contribution in [2.75, 3.05) is 0 Å². The van der Waals surface area contributed by atoms with Crippen LogP contribution in [0.4, 0.5) is 0 Å². The summed E-state index contributed by atoms with van der Waals surface area (Å²) in [6.07, 6.45) is 1.37. The smallest absolute Gasteiger partial charge is 0.244 e. The number of hydrogen-bond acceptors (Lipinski definition) is 5. The lowest BCUT2D eigenvalue weighted by atomic mass is 10.5. The molecule has 2 heterocycles. The monoisotopic (exact) mass is 199 g/mol. The molecule has 0 saturated carbocycles. The lowest BCUT2D eigenvalue weighted by Gasteiger charge is -1.89. The average molecular weight is 200 g/mol. The molecule has 0 saturated heterocycles. The van der Waals surface area contributed by atoms with E-state index in [2.05, 4.69) is 25.3 Å². The van der Waals surface area contributed by atoms with E-state index in [-0.39, 0.29) is 5.38 Å². The highest BCUT2D eigenvalue weighted by atomic mass is 35.5. The summed E-state index contributed by atoms with van der Waals surface area (Å²) in [6.45, 7) is 1.75. The number of hydrogen-bond donors (Lipinski definition) is 1. The number of aromatic nitrogens is 5. The Morgan fingerprint density at radius 3 is 3.00 bits per heavy atom. The van der Waals surface area contributed by atoms with Crippen molar-refractivity contribution < 1.29 is 4.52 Å². The molecule has 13 heavy (non-hydrogen) atoms. The van der Waals surface area contributed by atoms with Crippen LogP contribution < -0.4 is 0 Å². The molecule has 1 atom stereocenters. The fourth-order valence-electron chi connectivity index (χ4n) is 0.806. The Morgan fingerprint density at radius 2 is 2.46 bits per heavy atom. The topological polar surface area (TPSA) is 80.5 Å². The lowest BCUT2D eigenvalue weighted by Crippen LogP contribution is -1.86. The largest absolute Gasteiger partial charge is 0.337 e. The van der Waals surface area contributed by atoms with Crippen molar-refractivity contribution in [3.05, 3.63) is 12.2 Å². The SMILES string of the molecule is C[C@H](Cl)c1nc(-c2ncn[nH]2)no1. The molecule has 0 aliphatic heterocycles. The first kappa shape index (κ1) is 8.18. The van der Waals surface area contributed by atoms with Gasteiger partial charge < -0.3 is 4.52 Å². The molecule has 7 heteroatoms. The van der Waals surface area contributed by atoms with Crippen molar-refractivity contribution >= 4 is 11.6 Å². The second kappa shape index (κ2) is 3.14. The molecule has 0 spiro atoms. The number of rotatable bonds is 2. The third kappa shape index (κ3) is 1.52. The van der Waals surface area contributed by atoms with E-state index in [1.807, 2.05) is 0 Å². The summed E-state index contributed by atoms with van der Waals surface area (Å²) < 4.78 is 4.87. The van der Waals surface area contributed by atoms with Crippen LogP contribution in [0.1, 0.15) is 18.2 Å². The molecule has 0 fully saturated rings. The van der Waals surface area contributed by atoms with Crippen molar-refractivity contribution in [1.82, 2.24) is 25.3 Å². The van der Waals surface area contributed by atoms with Crippen LogP contribution in [0.3, 0.4) is 0 Å². The maximum atomic E-state index is 5.74. The van der Waals surface area contributed by atoms with Crippen molar-refractivity contribution in [2.45, 2.75) is 12.3 Å². The lowest BCUT2D eigenvalue weighted by molar-refractivity contribution is 0.379. The number of nitrogens with one attached hydrogen (secondary N) is 1. The van der Waals surface area contributed by atoms with Crippen LogP contribution in [0.15, 0.2) is 10.9 Å². The van der Waals surface area contributed by atoms with E-state index >= 15 is 0 Å². The summed E-state index contributed by atoms with van der Waals surface area (Å²) >= 11 is 5.74. The summed E-state index contributed by atoms with van der Waals surface area (Å²) in [6, 6.07) is 0. The zero-order valence-electron chi connectivity index (χ0n) is 6.73. The second-order valence-corrected chi connectivity index (χ2v) is 3.06. The minimum absolute atomic E-state index is 0.302. The van der Waals surface area contributed by atoms with E-state index in [0.717, 1.165) is 0 Å². The maximum Gasteiger partial charge on any atom is 0.244 e. The molecule has 0 unspecified atom stereocenters. The Bertz CT molecular complexity index is 381. The average Bonchev–Trinajstić information content (AvgIpc) is 2.75. The fourth-order valence-corrected chi connectivity index (χ4v) is 0.895. The second-order valence-electron chi connectivity index (χ2n) is 2.41. The van der Waals surface area contributed by atoms with E-state index < -0.39 is 0 Å². The van der Waals surface area contributed by atoms with Crippen molar-refractivity contribution in [1.29, 1.82) is 0 Å². The van der Waals surface area contributed by atoms with Crippen LogP contribution in [-0.2, 0) is 0 Å². The number of halogens is 1. The van der Waals surface area contributed by atoms with E-state index in [4.69, 9.17) is 16.1 Å². The zero-order valence-corrected chi connectivity index (χ0v) is 7.49. The number of H-pyrrole nitrogens is 1. The quantitative estimate of drug-likeness (QED) is 0.734. The Morgan fingerprint density at radius 1 is 1.62 bits per heavy atom. The molecule has 6 nitrogen and oxygen atoms in total. The maximum absolute atomic E-state index is 5.74. The first-order valence-corrected chi connectivity index (χ1v) is 4.04. The van der Waals surface area contributed by atoms with Crippen LogP contribution >= 0.6 is 11.6 Å². The minimum Gasteiger partial charge on any atom is -0.337 e. The van der Waals surface area contributed by atoms with Gasteiger partial charge in [0, 0.05) is 0 Å². The van der Waals surface area contributed by atoms with Gasteiger partial charge in [0.25, 0.3) is 0 Å². The van der Waals surface area contributed by atoms with Crippen LogP contribution in [0.2, 0.25) is 0 Å². The van der Waals surface area contributed by atoms with E-state index in [0.29, 0.717) is 17.5 Å². The standard InChI is InChI=1S/C6H6ClN5O/c1-3(7)6-10-5(12-13-6)4-8-2-9-11-4/h2-3H,1H3,(H,8,9,11)/t3-/m0/s1. The molecule has 0 aromatic carbocycles. The molecule has 0 amide bonds. The van der Waals surface area contributed by atoms with E-state index in [1.54, 1.807) is 6.92 Å². The molecule has 2 aromatic rings. The van der Waals surface area contributed by atoms with Gasteiger partial charge in [0.1, 0.15) is 11.7 Å². The van der Waals surface area contributed by atoms with Gasteiger partial charge in [-0.15, -0.1) is 11.6 Å². The molecule has 2 aromatic heterocycles. The minimum atomic E-state index is -0.302. The highest BCUT2D eigenvalue weighted by Gasteiger charge is 2.13. The molecule has 0 aliphatic rings. The molecule has 0 bridgehead atoms. The normalized spacial score (nSPS) is 13.1. The Hall–Kier alpha value is -1.43. The molecule has 2 rings (SSSR count). The summed E-state index contributed by atoms with van der Waals surface area (Å²) in [5, 5.41) is 9.65. The number of alkyl halides is 1. The van der Waals surface area contributed by atoms with Gasteiger partial charge in [0.2, 0.25) is 11.7 Å². The van der Waals surface area contributed by atoms with Crippen LogP contribution in [-0.4, -0.2) is 25.3 Å². The van der Waals surface area contributed by atoms with Gasteiger partial charge >= 0.3 is 0 Å². The Labute approximate surface area is 78.3 Å². The van der Waals surface area contributed by atoms with Gasteiger partial charge in [-0.3, -0.25) is 5.10 Å². The molecular weight excluding hydrogens is 194 g/mol. The summed E-state index contributed by atoms with van der Waals surface area (Å²) in [4.78, 5) is 7.87. The Balaban J connectivity index is 2.33. The van der Waals surface area contributed by atoms with Gasteiger partial charge in [0.05, 0.1) is 0 Å². The summed E-state index contributed by atoms with van der Waals surface area (Å²) in [5.41, 5.74) is 0. The van der Waals surface area contributed by atoms with E-state index in [1.165, 1.54) is 6.33 Å². The first-order chi connectivity index (χ1) is 6.27. The van der Waals surface area contributed by atoms with Gasteiger partial charge in [-0.05, 0) is 6.92 Å². The Kier molecular flexibility index (Phi) is 1.97. The highest BCUT2D eigenvalue weighted by molar-refractivity contribution is 6.20. The molecule has 1 N–H and O–H groups in total. The summed E-state index contributed by atoms with van der Waals surface area (Å²) in [7, 11) is 0. The highest BCUT2D eigenvalue weighted by Crippen LogP contribution is 2.19. The van der Waals surface area contributed by atoms with Crippen molar-refractivity contribution in [2.24, 2.45) is 0 Å². The number of aromatic amines is 1. The van der Waals surface area contributed by atoms with Gasteiger partial charge in [0.15, 0.2) is 5.82 Å². The molecule has 0 radical (unpaired) electrons. The van der Waals surface area contributed by atoms with Gasteiger partial charge in [-0.25, -0.2) is 4.98 Å². The zero-order chi connectivity index (χ0) is 9.26. The predicted octanol–water partition coefficient (Wildman–Crippen LogP) is 1.15. The van der Waals surface area contributed by atoms with Gasteiger partial charge in [-0.1, -0.05) is 5.16 Å². The van der Waals surface area contributed by atoms with E-state index in [9.17, 15) is 0 Å². The summed E-state index contributed by atoms with van der Waals surface area (Å²) in [5.74, 6) is 1.19. The third-order valence-corrected chi connectivity index (χ3v) is 1.60. The number of nitrogens with zero attached hydrogens (tertiary/aromatic N) is 4. The third-order valence-electron chi connectivity index (χ3n) is 1.41. The first-order valence-electron chi connectivity index (χ1n) is 3.61. The molecule has 68 valence electrons. The van der Waals surface area contributed by atoms with Crippen LogP contribution in [0, 0.1) is 0 Å². The molecular formula is C6H6ClN5O. The van der Waals surface area contributed by atoms with Crippen molar-refractivity contribution in [3.63, 3.8) is 0 Å².